The molecule has 0 aliphatic carbocycles. The fourth-order valence-corrected chi connectivity index (χ4v) is 5.74. The molecule has 3 heterocycles. The van der Waals surface area contributed by atoms with E-state index < -0.39 is 11.6 Å². The number of aromatic nitrogens is 4. The Morgan fingerprint density at radius 1 is 1.12 bits per heavy atom. The van der Waals surface area contributed by atoms with E-state index in [1.807, 2.05) is 36.1 Å². The van der Waals surface area contributed by atoms with Gasteiger partial charge in [-0.1, -0.05) is 23.9 Å². The second kappa shape index (κ2) is 9.69. The van der Waals surface area contributed by atoms with Crippen LogP contribution in [0, 0.1) is 11.6 Å². The average Bonchev–Trinajstić information content (AvgIpc) is 3.40. The van der Waals surface area contributed by atoms with Gasteiger partial charge in [0.25, 0.3) is 5.91 Å². The highest BCUT2D eigenvalue weighted by molar-refractivity contribution is 7.98. The average molecular weight is 486 g/mol. The lowest BCUT2D eigenvalue weighted by molar-refractivity contribution is 0.0349. The maximum atomic E-state index is 14.0. The van der Waals surface area contributed by atoms with Crippen molar-refractivity contribution in [2.75, 3.05) is 0 Å². The van der Waals surface area contributed by atoms with Gasteiger partial charge in [-0.05, 0) is 60.0 Å². The zero-order valence-electron chi connectivity index (χ0n) is 18.7. The third kappa shape index (κ3) is 4.64. The fraction of sp³-hybridized carbons (Fsp3) is 0.417. The molecule has 2 aromatic carbocycles. The first-order chi connectivity index (χ1) is 16.5. The van der Waals surface area contributed by atoms with Gasteiger partial charge in [0.05, 0.1) is 0 Å². The third-order valence-electron chi connectivity index (χ3n) is 6.48. The molecule has 178 valence electrons. The summed E-state index contributed by atoms with van der Waals surface area (Å²) in [5.74, 6) is -0.533. The Hall–Kier alpha value is -3.01. The number of fused-ring (bicyclic) bond motifs is 2. The highest BCUT2D eigenvalue weighted by Gasteiger charge is 2.44. The fourth-order valence-electron chi connectivity index (χ4n) is 4.84. The number of rotatable bonds is 7. The number of thioether (sulfide) groups is 1. The van der Waals surface area contributed by atoms with E-state index in [-0.39, 0.29) is 29.8 Å². The van der Waals surface area contributed by atoms with Gasteiger partial charge in [-0.2, -0.15) is 0 Å². The third-order valence-corrected chi connectivity index (χ3v) is 7.51. The van der Waals surface area contributed by atoms with Gasteiger partial charge in [-0.25, -0.2) is 13.5 Å². The first-order valence-corrected chi connectivity index (χ1v) is 12.4. The number of tetrazole rings is 1. The standard InChI is InChI=1S/C24H25F2N5O2S/c1-2-30-24(27-28-29-30)34-14-15-3-5-16(6-4-15)23(32)31-18-8-9-19(31)13-20(12-18)33-22-10-7-17(25)11-21(22)26/h3-7,10-11,18-20H,2,8-9,12-14H2,1H3/t18-,19-/m0/s1. The largest absolute Gasteiger partial charge is 0.487 e. The van der Waals surface area contributed by atoms with E-state index in [4.69, 9.17) is 4.74 Å². The van der Waals surface area contributed by atoms with Crippen LogP contribution in [0.15, 0.2) is 47.6 Å². The summed E-state index contributed by atoms with van der Waals surface area (Å²) in [6, 6.07) is 11.1. The van der Waals surface area contributed by atoms with Crippen molar-refractivity contribution in [1.29, 1.82) is 0 Å². The number of amides is 1. The van der Waals surface area contributed by atoms with E-state index in [1.54, 1.807) is 16.4 Å². The van der Waals surface area contributed by atoms with Crippen LogP contribution >= 0.6 is 11.8 Å². The number of hydrogen-bond acceptors (Lipinski definition) is 6. The minimum absolute atomic E-state index is 0.0213. The van der Waals surface area contributed by atoms with E-state index in [2.05, 4.69) is 15.5 Å². The van der Waals surface area contributed by atoms with E-state index in [0.29, 0.717) is 30.7 Å². The molecule has 0 saturated carbocycles. The molecule has 2 aliphatic rings. The predicted molar refractivity (Wildman–Crippen MR) is 122 cm³/mol. The lowest BCUT2D eigenvalue weighted by Crippen LogP contribution is -2.49. The van der Waals surface area contributed by atoms with Crippen LogP contribution in [0.4, 0.5) is 8.78 Å². The van der Waals surface area contributed by atoms with Crippen molar-refractivity contribution in [1.82, 2.24) is 25.1 Å². The summed E-state index contributed by atoms with van der Waals surface area (Å²) >= 11 is 1.56. The Balaban J connectivity index is 1.20. The van der Waals surface area contributed by atoms with Crippen molar-refractivity contribution >= 4 is 17.7 Å². The second-order valence-electron chi connectivity index (χ2n) is 8.65. The normalized spacial score (nSPS) is 21.6. The van der Waals surface area contributed by atoms with Crippen LogP contribution in [-0.4, -0.2) is 49.2 Å². The Morgan fingerprint density at radius 2 is 1.85 bits per heavy atom. The first-order valence-electron chi connectivity index (χ1n) is 11.4. The van der Waals surface area contributed by atoms with Crippen molar-refractivity contribution in [2.24, 2.45) is 0 Å². The molecule has 3 aromatic rings. The number of aryl methyl sites for hydroxylation is 1. The smallest absolute Gasteiger partial charge is 0.254 e. The number of carbonyl (C=O) groups is 1. The predicted octanol–water partition coefficient (Wildman–Crippen LogP) is 4.48. The van der Waals surface area contributed by atoms with Gasteiger partial charge in [0.15, 0.2) is 11.6 Å². The van der Waals surface area contributed by atoms with Crippen LogP contribution < -0.4 is 4.74 Å². The van der Waals surface area contributed by atoms with E-state index in [1.165, 1.54) is 12.1 Å². The molecule has 0 spiro atoms. The summed E-state index contributed by atoms with van der Waals surface area (Å²) in [5, 5.41) is 12.4. The van der Waals surface area contributed by atoms with Crippen LogP contribution in [0.1, 0.15) is 48.5 Å². The van der Waals surface area contributed by atoms with Crippen molar-refractivity contribution in [3.8, 4) is 5.75 Å². The van der Waals surface area contributed by atoms with Crippen molar-refractivity contribution < 1.29 is 18.3 Å². The minimum Gasteiger partial charge on any atom is -0.487 e. The zero-order chi connectivity index (χ0) is 23.7. The first kappa shape index (κ1) is 22.8. The molecular formula is C24H25F2N5O2S. The maximum Gasteiger partial charge on any atom is 0.254 e. The summed E-state index contributed by atoms with van der Waals surface area (Å²) in [4.78, 5) is 15.3. The number of benzene rings is 2. The molecule has 34 heavy (non-hydrogen) atoms. The van der Waals surface area contributed by atoms with Gasteiger partial charge >= 0.3 is 0 Å². The lowest BCUT2D eigenvalue weighted by atomic mass is 9.98. The topological polar surface area (TPSA) is 73.1 Å². The van der Waals surface area contributed by atoms with Crippen LogP contribution in [0.2, 0.25) is 0 Å². The molecule has 2 bridgehead atoms. The Morgan fingerprint density at radius 3 is 2.53 bits per heavy atom. The summed E-state index contributed by atoms with van der Waals surface area (Å²) in [7, 11) is 0. The van der Waals surface area contributed by atoms with Gasteiger partial charge < -0.3 is 9.64 Å². The van der Waals surface area contributed by atoms with Crippen LogP contribution in [0.25, 0.3) is 0 Å². The molecule has 7 nitrogen and oxygen atoms in total. The summed E-state index contributed by atoms with van der Waals surface area (Å²) in [5.41, 5.74) is 1.75. The second-order valence-corrected chi connectivity index (χ2v) is 9.59. The number of piperidine rings is 1. The molecule has 0 unspecified atom stereocenters. The van der Waals surface area contributed by atoms with Crippen molar-refractivity contribution in [3.05, 3.63) is 65.2 Å². The Bertz CT molecular complexity index is 1160. The summed E-state index contributed by atoms with van der Waals surface area (Å²) in [6.07, 6.45) is 2.90. The molecule has 2 saturated heterocycles. The van der Waals surface area contributed by atoms with Crippen LogP contribution in [0.5, 0.6) is 5.75 Å². The monoisotopic (exact) mass is 485 g/mol. The number of hydrogen-bond donors (Lipinski definition) is 0. The quantitative estimate of drug-likeness (QED) is 0.460. The molecule has 2 atom stereocenters. The molecule has 1 amide bonds. The number of halogens is 2. The molecule has 5 rings (SSSR count). The molecule has 0 N–H and O–H groups in total. The molecular weight excluding hydrogens is 460 g/mol. The van der Waals surface area contributed by atoms with E-state index >= 15 is 0 Å². The molecule has 0 radical (unpaired) electrons. The van der Waals surface area contributed by atoms with Crippen LogP contribution in [-0.2, 0) is 12.3 Å². The van der Waals surface area contributed by atoms with Gasteiger partial charge in [-0.3, -0.25) is 4.79 Å². The molecule has 2 fully saturated rings. The number of ether oxygens (including phenoxy) is 1. The van der Waals surface area contributed by atoms with Gasteiger partial charge in [0.2, 0.25) is 5.16 Å². The highest BCUT2D eigenvalue weighted by Crippen LogP contribution is 2.38. The highest BCUT2D eigenvalue weighted by atomic mass is 32.2. The van der Waals surface area contributed by atoms with Crippen molar-refractivity contribution in [3.63, 3.8) is 0 Å². The van der Waals surface area contributed by atoms with Gasteiger partial charge in [0.1, 0.15) is 11.9 Å². The van der Waals surface area contributed by atoms with E-state index in [9.17, 15) is 13.6 Å². The lowest BCUT2D eigenvalue weighted by Gasteiger charge is -2.39. The number of nitrogens with zero attached hydrogens (tertiary/aromatic N) is 5. The van der Waals surface area contributed by atoms with Crippen molar-refractivity contribution in [2.45, 2.75) is 68.2 Å². The zero-order valence-corrected chi connectivity index (χ0v) is 19.5. The van der Waals surface area contributed by atoms with E-state index in [0.717, 1.165) is 29.6 Å². The Labute approximate surface area is 200 Å². The summed E-state index contributed by atoms with van der Waals surface area (Å²) in [6.45, 7) is 2.70. The Kier molecular flexibility index (Phi) is 6.49. The maximum absolute atomic E-state index is 14.0. The molecule has 10 heteroatoms. The van der Waals surface area contributed by atoms with Gasteiger partial charge in [-0.15, -0.1) is 5.10 Å². The number of carbonyl (C=O) groups excluding carboxylic acids is 1. The van der Waals surface area contributed by atoms with Crippen LogP contribution in [0.3, 0.4) is 0 Å². The minimum atomic E-state index is -0.699. The SMILES string of the molecule is CCn1nnnc1SCc1ccc(C(=O)N2[C@H]3CC[C@H]2CC(Oc2ccc(F)cc2F)C3)cc1. The molecule has 1 aromatic heterocycles. The van der Waals surface area contributed by atoms with Gasteiger partial charge in [0, 0.05) is 48.9 Å². The molecule has 2 aliphatic heterocycles. The summed E-state index contributed by atoms with van der Waals surface area (Å²) < 4.78 is 34.8.